The van der Waals surface area contributed by atoms with Crippen molar-refractivity contribution in [3.8, 4) is 28.3 Å². The summed E-state index contributed by atoms with van der Waals surface area (Å²) in [6.45, 7) is 0. The number of nitrogens with zero attached hydrogens (tertiary/aromatic N) is 4. The molecule has 4 aromatic heterocycles. The van der Waals surface area contributed by atoms with Gasteiger partial charge in [-0.15, -0.1) is 11.3 Å². The Morgan fingerprint density at radius 2 is 1.20 bits per heavy atom. The summed E-state index contributed by atoms with van der Waals surface area (Å²) in [6, 6.07) is 54.1. The molecule has 11 rings (SSSR count). The van der Waals surface area contributed by atoms with Gasteiger partial charge in [0.15, 0.2) is 11.5 Å². The Kier molecular flexibility index (Phi) is 5.80. The van der Waals surface area contributed by atoms with Gasteiger partial charge < -0.3 is 4.57 Å². The summed E-state index contributed by atoms with van der Waals surface area (Å²) in [4.78, 5) is 14.8. The molecule has 0 atom stereocenters. The van der Waals surface area contributed by atoms with Crippen molar-refractivity contribution < 1.29 is 0 Å². The highest BCUT2D eigenvalue weighted by molar-refractivity contribution is 7.27. The van der Waals surface area contributed by atoms with Gasteiger partial charge in [0, 0.05) is 70.1 Å². The van der Waals surface area contributed by atoms with Crippen molar-refractivity contribution in [3.63, 3.8) is 0 Å². The molecule has 0 spiro atoms. The maximum Gasteiger partial charge on any atom is 0.163 e. The molecule has 0 radical (unpaired) electrons. The van der Waals surface area contributed by atoms with Crippen LogP contribution in [0.4, 0.5) is 0 Å². The third kappa shape index (κ3) is 3.95. The van der Waals surface area contributed by atoms with E-state index >= 15 is 0 Å². The summed E-state index contributed by atoms with van der Waals surface area (Å²) >= 11 is 1.89. The molecule has 0 aliphatic heterocycles. The molecule has 0 amide bonds. The minimum absolute atomic E-state index is 0.657. The van der Waals surface area contributed by atoms with E-state index in [1.54, 1.807) is 6.20 Å². The van der Waals surface area contributed by atoms with E-state index in [0.717, 1.165) is 27.9 Å². The number of hydrogen-bond acceptors (Lipinski definition) is 4. The van der Waals surface area contributed by atoms with Gasteiger partial charge in [-0.1, -0.05) is 97.1 Å². The summed E-state index contributed by atoms with van der Waals surface area (Å²) in [7, 11) is 0. The zero-order valence-corrected chi connectivity index (χ0v) is 27.5. The lowest BCUT2D eigenvalue weighted by molar-refractivity contribution is 1.17. The van der Waals surface area contributed by atoms with E-state index in [-0.39, 0.29) is 0 Å². The molecule has 50 heavy (non-hydrogen) atoms. The molecule has 11 aromatic rings. The average molecular weight is 655 g/mol. The Labute approximate surface area is 290 Å². The molecule has 0 fully saturated rings. The molecule has 0 bridgehead atoms. The second-order valence-corrected chi connectivity index (χ2v) is 13.9. The fourth-order valence-corrected chi connectivity index (χ4v) is 9.04. The fraction of sp³-hybridized carbons (Fsp3) is 0. The van der Waals surface area contributed by atoms with Gasteiger partial charge in [-0.3, -0.25) is 0 Å². The maximum atomic E-state index is 5.18. The number of pyridine rings is 1. The second-order valence-electron chi connectivity index (χ2n) is 12.8. The SMILES string of the molecule is c1ccc2cc(-c3nc(-c4ccc(-n5c6ccccc6c6c7c8ccccc8sc7c7ccccc7c65)cc4)nc4ncccc34)ccc2c1. The van der Waals surface area contributed by atoms with E-state index < -0.39 is 0 Å². The highest BCUT2D eigenvalue weighted by atomic mass is 32.1. The lowest BCUT2D eigenvalue weighted by Crippen LogP contribution is -1.98. The standard InChI is InChI=1S/C45H26N4S/c1-2-11-29-26-30(20-19-27(29)10-1)41-36-16-9-25-46-45(36)48-44(47-41)28-21-23-31(24-22-28)49-37-17-7-5-14-34(37)39-40-35-15-6-8-18-38(35)50-43(40)33-13-4-3-12-32(33)42(39)49/h1-26H. The Bertz CT molecular complexity index is 3150. The van der Waals surface area contributed by atoms with Crippen LogP contribution in [0.3, 0.4) is 0 Å². The Morgan fingerprint density at radius 3 is 2.08 bits per heavy atom. The van der Waals surface area contributed by atoms with E-state index in [1.807, 2.05) is 17.4 Å². The van der Waals surface area contributed by atoms with Crippen molar-refractivity contribution in [1.29, 1.82) is 0 Å². The van der Waals surface area contributed by atoms with Crippen LogP contribution in [0.15, 0.2) is 158 Å². The number of fused-ring (bicyclic) bond motifs is 12. The predicted octanol–water partition coefficient (Wildman–Crippen LogP) is 12.1. The van der Waals surface area contributed by atoms with Crippen molar-refractivity contribution in [2.24, 2.45) is 0 Å². The maximum absolute atomic E-state index is 5.18. The van der Waals surface area contributed by atoms with Gasteiger partial charge in [0.1, 0.15) is 0 Å². The van der Waals surface area contributed by atoms with Gasteiger partial charge >= 0.3 is 0 Å². The van der Waals surface area contributed by atoms with Crippen LogP contribution in [0, 0.1) is 0 Å². The van der Waals surface area contributed by atoms with E-state index in [0.29, 0.717) is 11.5 Å². The molecule has 232 valence electrons. The number of aromatic nitrogens is 4. The first-order chi connectivity index (χ1) is 24.8. The molecule has 4 heterocycles. The van der Waals surface area contributed by atoms with Crippen LogP contribution < -0.4 is 0 Å². The molecule has 0 aliphatic carbocycles. The van der Waals surface area contributed by atoms with Gasteiger partial charge in [-0.05, 0) is 65.4 Å². The highest BCUT2D eigenvalue weighted by Gasteiger charge is 2.22. The molecule has 4 nitrogen and oxygen atoms in total. The molecule has 0 aliphatic rings. The molecule has 0 saturated carbocycles. The van der Waals surface area contributed by atoms with Crippen LogP contribution in [0.5, 0.6) is 0 Å². The molecule has 0 saturated heterocycles. The van der Waals surface area contributed by atoms with Gasteiger partial charge in [-0.25, -0.2) is 15.0 Å². The summed E-state index contributed by atoms with van der Waals surface area (Å²) in [5.41, 5.74) is 7.08. The first kappa shape index (κ1) is 27.5. The van der Waals surface area contributed by atoms with Crippen LogP contribution in [-0.2, 0) is 0 Å². The van der Waals surface area contributed by atoms with Crippen molar-refractivity contribution in [1.82, 2.24) is 19.5 Å². The smallest absolute Gasteiger partial charge is 0.163 e. The predicted molar refractivity (Wildman–Crippen MR) is 210 cm³/mol. The lowest BCUT2D eigenvalue weighted by atomic mass is 10.00. The van der Waals surface area contributed by atoms with Crippen LogP contribution in [-0.4, -0.2) is 19.5 Å². The van der Waals surface area contributed by atoms with Crippen LogP contribution in [0.25, 0.3) is 103 Å². The molecular weight excluding hydrogens is 629 g/mol. The molecular formula is C45H26N4S. The van der Waals surface area contributed by atoms with Gasteiger partial charge in [-0.2, -0.15) is 0 Å². The summed E-state index contributed by atoms with van der Waals surface area (Å²) in [5, 5.41) is 11.1. The van der Waals surface area contributed by atoms with E-state index in [9.17, 15) is 0 Å². The second kappa shape index (κ2) is 10.5. The quantitative estimate of drug-likeness (QED) is 0.190. The summed E-state index contributed by atoms with van der Waals surface area (Å²) < 4.78 is 5.09. The van der Waals surface area contributed by atoms with E-state index in [2.05, 4.69) is 155 Å². The number of rotatable bonds is 3. The first-order valence-corrected chi connectivity index (χ1v) is 17.6. The minimum Gasteiger partial charge on any atom is -0.309 e. The fourth-order valence-electron chi connectivity index (χ4n) is 7.79. The van der Waals surface area contributed by atoms with Crippen LogP contribution >= 0.6 is 11.3 Å². The largest absolute Gasteiger partial charge is 0.309 e. The Morgan fingerprint density at radius 1 is 0.500 bits per heavy atom. The van der Waals surface area contributed by atoms with Crippen molar-refractivity contribution >= 4 is 85.9 Å². The monoisotopic (exact) mass is 654 g/mol. The van der Waals surface area contributed by atoms with Gasteiger partial charge in [0.2, 0.25) is 0 Å². The summed E-state index contributed by atoms with van der Waals surface area (Å²) in [6.07, 6.45) is 1.80. The Hall–Kier alpha value is -6.43. The molecule has 7 aromatic carbocycles. The zero-order valence-electron chi connectivity index (χ0n) is 26.7. The normalized spacial score (nSPS) is 12.0. The number of para-hydroxylation sites is 1. The van der Waals surface area contributed by atoms with Gasteiger partial charge in [0.05, 0.1) is 16.7 Å². The summed E-state index contributed by atoms with van der Waals surface area (Å²) in [5.74, 6) is 0.657. The molecule has 5 heteroatoms. The van der Waals surface area contributed by atoms with E-state index in [4.69, 9.17) is 9.97 Å². The molecule has 0 unspecified atom stereocenters. The van der Waals surface area contributed by atoms with Crippen LogP contribution in [0.2, 0.25) is 0 Å². The average Bonchev–Trinajstić information content (AvgIpc) is 3.74. The number of thiophene rings is 1. The first-order valence-electron chi connectivity index (χ1n) is 16.8. The molecule has 0 N–H and O–H groups in total. The van der Waals surface area contributed by atoms with Crippen molar-refractivity contribution in [2.45, 2.75) is 0 Å². The van der Waals surface area contributed by atoms with Crippen molar-refractivity contribution in [2.75, 3.05) is 0 Å². The third-order valence-electron chi connectivity index (χ3n) is 10.0. The van der Waals surface area contributed by atoms with Crippen molar-refractivity contribution in [3.05, 3.63) is 158 Å². The van der Waals surface area contributed by atoms with Crippen LogP contribution in [0.1, 0.15) is 0 Å². The lowest BCUT2D eigenvalue weighted by Gasteiger charge is -2.12. The Balaban J connectivity index is 1.14. The number of hydrogen-bond donors (Lipinski definition) is 0. The van der Waals surface area contributed by atoms with E-state index in [1.165, 1.54) is 63.5 Å². The highest BCUT2D eigenvalue weighted by Crippen LogP contribution is 2.48. The number of benzene rings is 7. The van der Waals surface area contributed by atoms with Gasteiger partial charge in [0.25, 0.3) is 0 Å². The third-order valence-corrected chi connectivity index (χ3v) is 11.2. The minimum atomic E-state index is 0.657. The topological polar surface area (TPSA) is 43.6 Å². The zero-order chi connectivity index (χ0) is 32.8.